The number of fused-ring (bicyclic) bond motifs is 1. The van der Waals surface area contributed by atoms with Gasteiger partial charge in [-0.2, -0.15) is 0 Å². The van der Waals surface area contributed by atoms with Crippen LogP contribution in [0.25, 0.3) is 11.0 Å². The van der Waals surface area contributed by atoms with Crippen LogP contribution in [0.15, 0.2) is 51.7 Å². The Balaban J connectivity index is 1.60. The summed E-state index contributed by atoms with van der Waals surface area (Å²) < 4.78 is 15.8. The number of amides is 1. The van der Waals surface area contributed by atoms with Gasteiger partial charge in [0.1, 0.15) is 24.5 Å². The molecule has 7 heteroatoms. The van der Waals surface area contributed by atoms with Gasteiger partial charge in [-0.3, -0.25) is 9.59 Å². The molecular formula is C23H23NO6. The summed E-state index contributed by atoms with van der Waals surface area (Å²) >= 11 is 0. The molecule has 1 aromatic heterocycles. The van der Waals surface area contributed by atoms with Crippen molar-refractivity contribution in [3.63, 3.8) is 0 Å². The molecular weight excluding hydrogens is 386 g/mol. The average Bonchev–Trinajstić information content (AvgIpc) is 2.72. The number of hydrogen-bond acceptors (Lipinski definition) is 6. The molecule has 0 saturated heterocycles. The number of carbonyl (C=O) groups is 2. The molecule has 1 heterocycles. The van der Waals surface area contributed by atoms with E-state index in [1.807, 2.05) is 26.8 Å². The van der Waals surface area contributed by atoms with Crippen molar-refractivity contribution >= 4 is 22.8 Å². The van der Waals surface area contributed by atoms with Gasteiger partial charge in [-0.25, -0.2) is 4.79 Å². The Morgan fingerprint density at radius 3 is 2.43 bits per heavy atom. The third kappa shape index (κ3) is 5.05. The number of hydrogen-bond donors (Lipinski definition) is 1. The van der Waals surface area contributed by atoms with Crippen molar-refractivity contribution in [3.05, 3.63) is 75.1 Å². The molecule has 30 heavy (non-hydrogen) atoms. The van der Waals surface area contributed by atoms with Crippen LogP contribution in [0.1, 0.15) is 34.0 Å². The Morgan fingerprint density at radius 1 is 1.03 bits per heavy atom. The van der Waals surface area contributed by atoms with Crippen molar-refractivity contribution in [1.82, 2.24) is 5.32 Å². The van der Waals surface area contributed by atoms with E-state index in [-0.39, 0.29) is 13.2 Å². The van der Waals surface area contributed by atoms with E-state index in [0.29, 0.717) is 34.5 Å². The number of ether oxygens (including phenoxy) is 2. The molecule has 0 aliphatic rings. The zero-order valence-corrected chi connectivity index (χ0v) is 17.1. The van der Waals surface area contributed by atoms with Crippen molar-refractivity contribution < 1.29 is 23.5 Å². The Morgan fingerprint density at radius 2 is 1.73 bits per heavy atom. The van der Waals surface area contributed by atoms with Crippen LogP contribution in [-0.2, 0) is 16.1 Å². The lowest BCUT2D eigenvalue weighted by Crippen LogP contribution is -2.30. The minimum atomic E-state index is -0.612. The van der Waals surface area contributed by atoms with Crippen molar-refractivity contribution in [2.45, 2.75) is 27.4 Å². The highest BCUT2D eigenvalue weighted by atomic mass is 16.5. The van der Waals surface area contributed by atoms with Gasteiger partial charge in [0.25, 0.3) is 5.91 Å². The number of nitrogens with one attached hydrogen (secondary N) is 1. The molecule has 1 amide bonds. The standard InChI is InChI=1S/C23H23NO6/c1-4-28-18-7-5-16(6-8-18)23(27)24-12-22(26)29-13-17-11-21(25)30-20-10-15(3)14(2)9-19(17)20/h5-11H,4,12-13H2,1-3H3,(H,24,27). The molecule has 156 valence electrons. The molecule has 0 unspecified atom stereocenters. The number of benzene rings is 2. The van der Waals surface area contributed by atoms with Crippen molar-refractivity contribution in [3.8, 4) is 5.75 Å². The first kappa shape index (κ1) is 21.1. The number of esters is 1. The van der Waals surface area contributed by atoms with Crippen LogP contribution >= 0.6 is 0 Å². The fourth-order valence-electron chi connectivity index (χ4n) is 2.94. The number of rotatable bonds is 7. The first-order valence-electron chi connectivity index (χ1n) is 9.58. The monoisotopic (exact) mass is 409 g/mol. The summed E-state index contributed by atoms with van der Waals surface area (Å²) in [5, 5.41) is 3.23. The van der Waals surface area contributed by atoms with Gasteiger partial charge >= 0.3 is 11.6 Å². The predicted molar refractivity (Wildman–Crippen MR) is 112 cm³/mol. The van der Waals surface area contributed by atoms with Gasteiger partial charge in [-0.1, -0.05) is 0 Å². The topological polar surface area (TPSA) is 94.8 Å². The lowest BCUT2D eigenvalue weighted by atomic mass is 10.0. The van der Waals surface area contributed by atoms with Gasteiger partial charge in [0, 0.05) is 22.6 Å². The molecule has 0 spiro atoms. The van der Waals surface area contributed by atoms with Gasteiger partial charge < -0.3 is 19.2 Å². The Kier molecular flexibility index (Phi) is 6.51. The Labute approximate surface area is 173 Å². The molecule has 0 radical (unpaired) electrons. The maximum Gasteiger partial charge on any atom is 0.336 e. The molecule has 0 fully saturated rings. The number of aryl methyl sites for hydroxylation is 2. The second kappa shape index (κ2) is 9.26. The van der Waals surface area contributed by atoms with Crippen LogP contribution in [0.4, 0.5) is 0 Å². The van der Waals surface area contributed by atoms with Crippen LogP contribution in [0.2, 0.25) is 0 Å². The van der Waals surface area contributed by atoms with Crippen LogP contribution in [0.3, 0.4) is 0 Å². The summed E-state index contributed by atoms with van der Waals surface area (Å²) in [6, 6.07) is 11.6. The SMILES string of the molecule is CCOc1ccc(C(=O)NCC(=O)OCc2cc(=O)oc3cc(C)c(C)cc23)cc1. The van der Waals surface area contributed by atoms with E-state index in [0.717, 1.165) is 11.1 Å². The largest absolute Gasteiger partial charge is 0.494 e. The third-order valence-corrected chi connectivity index (χ3v) is 4.65. The van der Waals surface area contributed by atoms with Crippen LogP contribution in [0, 0.1) is 13.8 Å². The van der Waals surface area contributed by atoms with Crippen molar-refractivity contribution in [2.24, 2.45) is 0 Å². The summed E-state index contributed by atoms with van der Waals surface area (Å²) in [6.07, 6.45) is 0. The average molecular weight is 409 g/mol. The van der Waals surface area contributed by atoms with Gasteiger partial charge in [0.05, 0.1) is 6.61 Å². The maximum atomic E-state index is 12.2. The summed E-state index contributed by atoms with van der Waals surface area (Å²) in [5.74, 6) is -0.343. The molecule has 2 aromatic carbocycles. The Bertz CT molecular complexity index is 1130. The minimum Gasteiger partial charge on any atom is -0.494 e. The molecule has 7 nitrogen and oxygen atoms in total. The molecule has 0 bridgehead atoms. The normalized spacial score (nSPS) is 10.6. The second-order valence-electron chi connectivity index (χ2n) is 6.82. The fourth-order valence-corrected chi connectivity index (χ4v) is 2.94. The van der Waals surface area contributed by atoms with Crippen LogP contribution < -0.4 is 15.7 Å². The summed E-state index contributed by atoms with van der Waals surface area (Å²) in [5.41, 5.74) is 2.92. The van der Waals surface area contributed by atoms with Gasteiger partial charge in [-0.05, 0) is 68.3 Å². The highest BCUT2D eigenvalue weighted by Gasteiger charge is 2.12. The first-order valence-corrected chi connectivity index (χ1v) is 9.58. The van der Waals surface area contributed by atoms with Gasteiger partial charge in [0.2, 0.25) is 0 Å². The smallest absolute Gasteiger partial charge is 0.336 e. The molecule has 0 aliphatic carbocycles. The van der Waals surface area contributed by atoms with E-state index < -0.39 is 17.5 Å². The highest BCUT2D eigenvalue weighted by molar-refractivity contribution is 5.96. The van der Waals surface area contributed by atoms with E-state index in [1.165, 1.54) is 6.07 Å². The van der Waals surface area contributed by atoms with Crippen molar-refractivity contribution in [1.29, 1.82) is 0 Å². The molecule has 1 N–H and O–H groups in total. The van der Waals surface area contributed by atoms with Gasteiger partial charge in [0.15, 0.2) is 0 Å². The van der Waals surface area contributed by atoms with E-state index in [2.05, 4.69) is 5.32 Å². The molecule has 0 saturated carbocycles. The minimum absolute atomic E-state index is 0.0949. The lowest BCUT2D eigenvalue weighted by Gasteiger charge is -2.10. The molecule has 0 atom stereocenters. The van der Waals surface area contributed by atoms with Crippen molar-refractivity contribution in [2.75, 3.05) is 13.2 Å². The first-order chi connectivity index (χ1) is 14.4. The highest BCUT2D eigenvalue weighted by Crippen LogP contribution is 2.22. The number of carbonyl (C=O) groups excluding carboxylic acids is 2. The van der Waals surface area contributed by atoms with E-state index in [1.54, 1.807) is 30.3 Å². The summed E-state index contributed by atoms with van der Waals surface area (Å²) in [7, 11) is 0. The fraction of sp³-hybridized carbons (Fsp3) is 0.261. The van der Waals surface area contributed by atoms with Gasteiger partial charge in [-0.15, -0.1) is 0 Å². The second-order valence-corrected chi connectivity index (χ2v) is 6.82. The maximum absolute atomic E-state index is 12.2. The van der Waals surface area contributed by atoms with Crippen LogP contribution in [0.5, 0.6) is 5.75 Å². The Hall–Kier alpha value is -3.61. The molecule has 3 rings (SSSR count). The third-order valence-electron chi connectivity index (χ3n) is 4.65. The van der Waals surface area contributed by atoms with E-state index in [9.17, 15) is 14.4 Å². The zero-order chi connectivity index (χ0) is 21.7. The zero-order valence-electron chi connectivity index (χ0n) is 17.1. The van der Waals surface area contributed by atoms with E-state index in [4.69, 9.17) is 13.9 Å². The van der Waals surface area contributed by atoms with E-state index >= 15 is 0 Å². The predicted octanol–water partition coefficient (Wildman–Crippen LogP) is 3.28. The summed E-state index contributed by atoms with van der Waals surface area (Å²) in [4.78, 5) is 36.1. The molecule has 3 aromatic rings. The lowest BCUT2D eigenvalue weighted by molar-refractivity contribution is -0.143. The van der Waals surface area contributed by atoms with Crippen LogP contribution in [-0.4, -0.2) is 25.0 Å². The summed E-state index contributed by atoms with van der Waals surface area (Å²) in [6.45, 7) is 5.90. The molecule has 0 aliphatic heterocycles. The quantitative estimate of drug-likeness (QED) is 0.475.